The van der Waals surface area contributed by atoms with Crippen LogP contribution < -0.4 is 16.4 Å². The first-order valence-electron chi connectivity index (χ1n) is 12.3. The summed E-state index contributed by atoms with van der Waals surface area (Å²) in [5, 5.41) is 23.0. The summed E-state index contributed by atoms with van der Waals surface area (Å²) in [5.41, 5.74) is 8.38. The molecule has 0 radical (unpaired) electrons. The molecule has 3 rings (SSSR count). The Morgan fingerprint density at radius 3 is 1.67 bits per heavy atom. The van der Waals surface area contributed by atoms with Crippen molar-refractivity contribution in [2.24, 2.45) is 5.73 Å². The molecule has 2 amide bonds. The van der Waals surface area contributed by atoms with E-state index < -0.39 is 47.1 Å². The number of aliphatic carboxylic acids is 2. The van der Waals surface area contributed by atoms with Gasteiger partial charge in [0.05, 0.1) is 4.75 Å². The molecule has 3 aromatic rings. The molecule has 0 spiro atoms. The maximum Gasteiger partial charge on any atom is 0.322 e. The third-order valence-corrected chi connectivity index (χ3v) is 7.71. The molecule has 204 valence electrons. The molecule has 2 atom stereocenters. The van der Waals surface area contributed by atoms with E-state index in [-0.39, 0.29) is 18.6 Å². The highest BCUT2D eigenvalue weighted by atomic mass is 32.2. The lowest BCUT2D eigenvalue weighted by Gasteiger charge is -2.36. The number of amides is 2. The topological polar surface area (TPSA) is 159 Å². The molecule has 0 aromatic heterocycles. The zero-order chi connectivity index (χ0) is 28.3. The molecular weight excluding hydrogens is 518 g/mol. The van der Waals surface area contributed by atoms with Gasteiger partial charge in [0, 0.05) is 12.2 Å². The Morgan fingerprint density at radius 2 is 1.26 bits per heavy atom. The van der Waals surface area contributed by atoms with Crippen molar-refractivity contribution < 1.29 is 29.4 Å². The van der Waals surface area contributed by atoms with Gasteiger partial charge in [0.15, 0.2) is 0 Å². The lowest BCUT2D eigenvalue weighted by molar-refractivity contribution is -0.139. The highest BCUT2D eigenvalue weighted by molar-refractivity contribution is 8.00. The Kier molecular flexibility index (Phi) is 10.7. The molecule has 0 aliphatic heterocycles. The summed E-state index contributed by atoms with van der Waals surface area (Å²) in [6.07, 6.45) is -0.318. The van der Waals surface area contributed by atoms with Gasteiger partial charge in [-0.1, -0.05) is 91.0 Å². The first-order chi connectivity index (χ1) is 18.7. The lowest BCUT2D eigenvalue weighted by atomic mass is 9.84. The van der Waals surface area contributed by atoms with Crippen molar-refractivity contribution in [1.82, 2.24) is 10.6 Å². The predicted octanol–water partition coefficient (Wildman–Crippen LogP) is 2.59. The van der Waals surface area contributed by atoms with E-state index in [2.05, 4.69) is 10.6 Å². The summed E-state index contributed by atoms with van der Waals surface area (Å²) in [6, 6.07) is 27.0. The minimum absolute atomic E-state index is 0.0842. The van der Waals surface area contributed by atoms with Crippen LogP contribution in [-0.4, -0.2) is 58.3 Å². The van der Waals surface area contributed by atoms with Gasteiger partial charge in [0.25, 0.3) is 0 Å². The summed E-state index contributed by atoms with van der Waals surface area (Å²) in [7, 11) is 0. The van der Waals surface area contributed by atoms with E-state index >= 15 is 0 Å². The highest BCUT2D eigenvalue weighted by Gasteiger charge is 2.38. The first-order valence-corrected chi connectivity index (χ1v) is 13.3. The average molecular weight is 550 g/mol. The van der Waals surface area contributed by atoms with Crippen LogP contribution in [-0.2, 0) is 23.9 Å². The normalized spacial score (nSPS) is 12.6. The van der Waals surface area contributed by atoms with Crippen molar-refractivity contribution in [3.63, 3.8) is 0 Å². The van der Waals surface area contributed by atoms with Crippen LogP contribution in [0.15, 0.2) is 91.0 Å². The van der Waals surface area contributed by atoms with Gasteiger partial charge in [-0.2, -0.15) is 0 Å². The number of carboxylic acids is 2. The number of thioether (sulfide) groups is 1. The van der Waals surface area contributed by atoms with Crippen molar-refractivity contribution in [2.75, 3.05) is 12.3 Å². The van der Waals surface area contributed by atoms with E-state index in [4.69, 9.17) is 15.9 Å². The molecule has 39 heavy (non-hydrogen) atoms. The molecular formula is C29H31N3O6S. The molecule has 0 fully saturated rings. The Labute approximate surface area is 230 Å². The molecule has 10 heteroatoms. The predicted molar refractivity (Wildman–Crippen MR) is 149 cm³/mol. The zero-order valence-corrected chi connectivity index (χ0v) is 22.0. The van der Waals surface area contributed by atoms with Crippen LogP contribution in [0, 0.1) is 0 Å². The monoisotopic (exact) mass is 549 g/mol. The van der Waals surface area contributed by atoms with Gasteiger partial charge < -0.3 is 26.6 Å². The number of nitrogens with one attached hydrogen (secondary N) is 2. The van der Waals surface area contributed by atoms with Crippen LogP contribution in [0.2, 0.25) is 0 Å². The second-order valence-corrected chi connectivity index (χ2v) is 10.0. The SMILES string of the molecule is N[C@@H](CCC(=O)N[C@H](CSC(c1ccccc1)(c1ccccc1)c1ccccc1)C(=O)NCC(=O)O)C(=O)O. The Balaban J connectivity index is 1.98. The number of carboxylic acid groups (broad SMARTS) is 2. The van der Waals surface area contributed by atoms with Gasteiger partial charge >= 0.3 is 11.9 Å². The second kappa shape index (κ2) is 14.1. The number of hydrogen-bond acceptors (Lipinski definition) is 6. The van der Waals surface area contributed by atoms with Crippen LogP contribution in [0.5, 0.6) is 0 Å². The van der Waals surface area contributed by atoms with Gasteiger partial charge in [-0.25, -0.2) is 0 Å². The fourth-order valence-corrected chi connectivity index (χ4v) is 5.68. The van der Waals surface area contributed by atoms with E-state index in [9.17, 15) is 19.2 Å². The van der Waals surface area contributed by atoms with E-state index in [1.54, 1.807) is 0 Å². The van der Waals surface area contributed by atoms with Crippen molar-refractivity contribution in [2.45, 2.75) is 29.7 Å². The van der Waals surface area contributed by atoms with Crippen LogP contribution in [0.25, 0.3) is 0 Å². The molecule has 0 unspecified atom stereocenters. The van der Waals surface area contributed by atoms with Crippen molar-refractivity contribution in [1.29, 1.82) is 0 Å². The summed E-state index contributed by atoms with van der Waals surface area (Å²) in [6.45, 7) is -0.610. The van der Waals surface area contributed by atoms with Crippen molar-refractivity contribution >= 4 is 35.5 Å². The number of rotatable bonds is 14. The minimum atomic E-state index is -1.23. The quantitative estimate of drug-likeness (QED) is 0.192. The van der Waals surface area contributed by atoms with E-state index in [0.29, 0.717) is 0 Å². The number of carbonyl (C=O) groups excluding carboxylic acids is 2. The molecule has 3 aromatic carbocycles. The molecule has 0 aliphatic rings. The molecule has 0 bridgehead atoms. The van der Waals surface area contributed by atoms with Crippen LogP contribution >= 0.6 is 11.8 Å². The first kappa shape index (κ1) is 29.4. The Bertz CT molecular complexity index is 1160. The lowest BCUT2D eigenvalue weighted by Crippen LogP contribution is -2.50. The van der Waals surface area contributed by atoms with Crippen LogP contribution in [0.3, 0.4) is 0 Å². The average Bonchev–Trinajstić information content (AvgIpc) is 2.95. The Morgan fingerprint density at radius 1 is 0.795 bits per heavy atom. The largest absolute Gasteiger partial charge is 0.480 e. The van der Waals surface area contributed by atoms with Crippen LogP contribution in [0.1, 0.15) is 29.5 Å². The second-order valence-electron chi connectivity index (χ2n) is 8.81. The van der Waals surface area contributed by atoms with Gasteiger partial charge in [-0.15, -0.1) is 11.8 Å². The third-order valence-electron chi connectivity index (χ3n) is 6.07. The standard InChI is InChI=1S/C29H31N3O6S/c30-23(28(37)38)16-17-25(33)32-24(27(36)31-18-26(34)35)19-39-29(20-10-4-1-5-11-20,21-12-6-2-7-13-21)22-14-8-3-9-15-22/h1-15,23-24H,16-19,30H2,(H,31,36)(H,32,33)(H,34,35)(H,37,38)/t23-,24+/m0/s1. The van der Waals surface area contributed by atoms with Crippen molar-refractivity contribution in [3.8, 4) is 0 Å². The minimum Gasteiger partial charge on any atom is -0.480 e. The van der Waals surface area contributed by atoms with Gasteiger partial charge in [0.1, 0.15) is 18.6 Å². The van der Waals surface area contributed by atoms with Crippen LogP contribution in [0.4, 0.5) is 0 Å². The molecule has 0 aliphatic carbocycles. The molecule has 0 saturated carbocycles. The number of benzene rings is 3. The molecule has 6 N–H and O–H groups in total. The zero-order valence-electron chi connectivity index (χ0n) is 21.2. The fraction of sp³-hybridized carbons (Fsp3) is 0.241. The summed E-state index contributed by atoms with van der Waals surface area (Å²) in [5.74, 6) is -3.59. The molecule has 0 saturated heterocycles. The Hall–Kier alpha value is -4.15. The van der Waals surface area contributed by atoms with Gasteiger partial charge in [0.2, 0.25) is 11.8 Å². The summed E-state index contributed by atoms with van der Waals surface area (Å²) in [4.78, 5) is 47.8. The highest BCUT2D eigenvalue weighted by Crippen LogP contribution is 2.48. The summed E-state index contributed by atoms with van der Waals surface area (Å²) < 4.78 is -0.772. The molecule has 0 heterocycles. The van der Waals surface area contributed by atoms with Gasteiger partial charge in [-0.05, 0) is 23.1 Å². The molecule has 9 nitrogen and oxygen atoms in total. The smallest absolute Gasteiger partial charge is 0.322 e. The van der Waals surface area contributed by atoms with Crippen molar-refractivity contribution in [3.05, 3.63) is 108 Å². The maximum absolute atomic E-state index is 13.0. The third kappa shape index (κ3) is 7.92. The van der Waals surface area contributed by atoms with Gasteiger partial charge in [-0.3, -0.25) is 19.2 Å². The number of carbonyl (C=O) groups is 4. The van der Waals surface area contributed by atoms with E-state index in [0.717, 1.165) is 16.7 Å². The van der Waals surface area contributed by atoms with E-state index in [1.165, 1.54) is 11.8 Å². The number of hydrogen-bond donors (Lipinski definition) is 5. The summed E-state index contributed by atoms with van der Waals surface area (Å²) >= 11 is 1.43. The number of nitrogens with two attached hydrogens (primary N) is 1. The maximum atomic E-state index is 13.0. The van der Waals surface area contributed by atoms with E-state index in [1.807, 2.05) is 91.0 Å². The fourth-order valence-electron chi connectivity index (χ4n) is 4.12.